The first-order valence-corrected chi connectivity index (χ1v) is 9.63. The zero-order valence-corrected chi connectivity index (χ0v) is 15.3. The van der Waals surface area contributed by atoms with Gasteiger partial charge in [-0.3, -0.25) is 14.4 Å². The maximum absolute atomic E-state index is 13.7. The van der Waals surface area contributed by atoms with E-state index >= 15 is 0 Å². The summed E-state index contributed by atoms with van der Waals surface area (Å²) >= 11 is 0. The van der Waals surface area contributed by atoms with Crippen LogP contribution in [0, 0.1) is 11.6 Å². The van der Waals surface area contributed by atoms with E-state index in [4.69, 9.17) is 0 Å². The van der Waals surface area contributed by atoms with Crippen LogP contribution in [0.4, 0.5) is 8.78 Å². The van der Waals surface area contributed by atoms with Crippen LogP contribution in [0.15, 0.2) is 24.3 Å². The lowest BCUT2D eigenvalue weighted by molar-refractivity contribution is 0.0945. The van der Waals surface area contributed by atoms with Crippen molar-refractivity contribution in [3.63, 3.8) is 0 Å². The van der Waals surface area contributed by atoms with E-state index in [1.807, 2.05) is 10.7 Å². The highest BCUT2D eigenvalue weighted by Gasteiger charge is 2.26. The van der Waals surface area contributed by atoms with E-state index in [0.717, 1.165) is 37.1 Å². The Morgan fingerprint density at radius 3 is 2.81 bits per heavy atom. The van der Waals surface area contributed by atoms with E-state index in [1.165, 1.54) is 44.2 Å². The van der Waals surface area contributed by atoms with E-state index in [1.54, 1.807) is 0 Å². The van der Waals surface area contributed by atoms with Crippen LogP contribution in [-0.2, 0) is 19.6 Å². The number of carbonyl (C=O) groups is 1. The zero-order valence-electron chi connectivity index (χ0n) is 15.3. The molecular formula is C20H24F2N4O. The number of rotatable bonds is 4. The number of fused-ring (bicyclic) bond motifs is 1. The second-order valence-corrected chi connectivity index (χ2v) is 7.40. The van der Waals surface area contributed by atoms with Gasteiger partial charge in [0.15, 0.2) is 11.6 Å². The van der Waals surface area contributed by atoms with Crippen LogP contribution in [0.25, 0.3) is 0 Å². The van der Waals surface area contributed by atoms with E-state index in [-0.39, 0.29) is 12.1 Å². The van der Waals surface area contributed by atoms with Crippen molar-refractivity contribution in [3.05, 3.63) is 52.9 Å². The first kappa shape index (κ1) is 18.1. The van der Waals surface area contributed by atoms with Gasteiger partial charge in [-0.25, -0.2) is 8.78 Å². The quantitative estimate of drug-likeness (QED) is 0.894. The number of benzene rings is 1. The molecule has 1 fully saturated rings. The molecule has 27 heavy (non-hydrogen) atoms. The molecule has 4 rings (SSSR count). The maximum atomic E-state index is 13.7. The summed E-state index contributed by atoms with van der Waals surface area (Å²) in [5.41, 5.74) is 1.59. The van der Waals surface area contributed by atoms with Crippen molar-refractivity contribution in [3.8, 4) is 0 Å². The molecule has 0 unspecified atom stereocenters. The van der Waals surface area contributed by atoms with Crippen LogP contribution in [0.3, 0.4) is 0 Å². The summed E-state index contributed by atoms with van der Waals surface area (Å²) in [4.78, 5) is 14.7. The molecule has 2 heterocycles. The number of amides is 1. The number of halogens is 2. The standard InChI is InChI=1S/C20H24F2N4O/c21-18-8-4-7-17(19(18)22)20(27)23-12-14-11-16-13-25(9-10-26(16)24-14)15-5-2-1-3-6-15/h4,7-8,11,15H,1-3,5-6,9-10,12-13H2,(H,23,27). The minimum absolute atomic E-state index is 0.193. The number of hydrogen-bond donors (Lipinski definition) is 1. The van der Waals surface area contributed by atoms with E-state index in [2.05, 4.69) is 15.3 Å². The smallest absolute Gasteiger partial charge is 0.254 e. The molecule has 0 saturated heterocycles. The van der Waals surface area contributed by atoms with Gasteiger partial charge in [0.2, 0.25) is 0 Å². The Morgan fingerprint density at radius 1 is 1.19 bits per heavy atom. The van der Waals surface area contributed by atoms with E-state index in [9.17, 15) is 13.6 Å². The number of nitrogens with one attached hydrogen (secondary N) is 1. The average molecular weight is 374 g/mol. The number of hydrogen-bond acceptors (Lipinski definition) is 3. The third kappa shape index (κ3) is 3.88. The monoisotopic (exact) mass is 374 g/mol. The molecule has 0 radical (unpaired) electrons. The van der Waals surface area contributed by atoms with Gasteiger partial charge in [0, 0.05) is 19.1 Å². The van der Waals surface area contributed by atoms with Crippen molar-refractivity contribution in [1.29, 1.82) is 0 Å². The Hall–Kier alpha value is -2.28. The van der Waals surface area contributed by atoms with Crippen LogP contribution in [-0.4, -0.2) is 33.2 Å². The molecule has 1 amide bonds. The summed E-state index contributed by atoms with van der Waals surface area (Å²) in [5, 5.41) is 7.18. The summed E-state index contributed by atoms with van der Waals surface area (Å²) < 4.78 is 29.0. The molecule has 1 N–H and O–H groups in total. The highest BCUT2D eigenvalue weighted by Crippen LogP contribution is 2.26. The molecule has 1 aromatic heterocycles. The molecule has 0 atom stereocenters. The van der Waals surface area contributed by atoms with Gasteiger partial charge < -0.3 is 5.32 Å². The third-order valence-electron chi connectivity index (χ3n) is 5.60. The van der Waals surface area contributed by atoms with Gasteiger partial charge in [-0.1, -0.05) is 25.3 Å². The van der Waals surface area contributed by atoms with E-state index in [0.29, 0.717) is 6.04 Å². The van der Waals surface area contributed by atoms with Crippen LogP contribution >= 0.6 is 0 Å². The molecule has 1 aliphatic heterocycles. The van der Waals surface area contributed by atoms with Gasteiger partial charge in [0.05, 0.1) is 30.0 Å². The number of nitrogens with zero attached hydrogens (tertiary/aromatic N) is 3. The SMILES string of the molecule is O=C(NCc1cc2n(n1)CCN(C1CCCCC1)C2)c1cccc(F)c1F. The summed E-state index contributed by atoms with van der Waals surface area (Å²) in [6, 6.07) is 6.25. The Labute approximate surface area is 157 Å². The second kappa shape index (κ2) is 7.76. The lowest BCUT2D eigenvalue weighted by Gasteiger charge is -2.36. The fourth-order valence-electron chi connectivity index (χ4n) is 4.14. The lowest BCUT2D eigenvalue weighted by atomic mass is 9.94. The fraction of sp³-hybridized carbons (Fsp3) is 0.500. The van der Waals surface area contributed by atoms with Crippen molar-refractivity contribution in [1.82, 2.24) is 20.0 Å². The molecule has 1 aromatic carbocycles. The van der Waals surface area contributed by atoms with Crippen molar-refractivity contribution in [2.24, 2.45) is 0 Å². The van der Waals surface area contributed by atoms with Gasteiger partial charge in [0.1, 0.15) is 0 Å². The highest BCUT2D eigenvalue weighted by atomic mass is 19.2. The molecule has 5 nitrogen and oxygen atoms in total. The normalized spacial score (nSPS) is 18.3. The fourth-order valence-corrected chi connectivity index (χ4v) is 4.14. The van der Waals surface area contributed by atoms with E-state index < -0.39 is 17.5 Å². The largest absolute Gasteiger partial charge is 0.346 e. The van der Waals surface area contributed by atoms with Crippen molar-refractivity contribution >= 4 is 5.91 Å². The molecule has 1 saturated carbocycles. The topological polar surface area (TPSA) is 50.2 Å². The van der Waals surface area contributed by atoms with Crippen LogP contribution in [0.1, 0.15) is 53.8 Å². The first-order valence-electron chi connectivity index (χ1n) is 9.63. The van der Waals surface area contributed by atoms with Crippen molar-refractivity contribution in [2.75, 3.05) is 6.54 Å². The second-order valence-electron chi connectivity index (χ2n) is 7.40. The summed E-state index contributed by atoms with van der Waals surface area (Å²) in [5.74, 6) is -2.79. The number of aromatic nitrogens is 2. The molecule has 7 heteroatoms. The minimum atomic E-state index is -1.12. The summed E-state index contributed by atoms with van der Waals surface area (Å²) in [6.07, 6.45) is 6.52. The Balaban J connectivity index is 1.38. The van der Waals surface area contributed by atoms with Gasteiger partial charge in [0.25, 0.3) is 5.91 Å². The highest BCUT2D eigenvalue weighted by molar-refractivity contribution is 5.94. The first-order chi connectivity index (χ1) is 13.1. The molecule has 1 aliphatic carbocycles. The number of carbonyl (C=O) groups excluding carboxylic acids is 1. The maximum Gasteiger partial charge on any atom is 0.254 e. The van der Waals surface area contributed by atoms with Gasteiger partial charge in [-0.15, -0.1) is 0 Å². The third-order valence-corrected chi connectivity index (χ3v) is 5.60. The molecule has 2 aromatic rings. The molecular weight excluding hydrogens is 350 g/mol. The minimum Gasteiger partial charge on any atom is -0.346 e. The zero-order chi connectivity index (χ0) is 18.8. The lowest BCUT2D eigenvalue weighted by Crippen LogP contribution is -2.42. The van der Waals surface area contributed by atoms with Crippen molar-refractivity contribution in [2.45, 2.75) is 57.8 Å². The summed E-state index contributed by atoms with van der Waals surface area (Å²) in [6.45, 7) is 2.92. The van der Waals surface area contributed by atoms with Gasteiger partial charge >= 0.3 is 0 Å². The predicted molar refractivity (Wildman–Crippen MR) is 97.0 cm³/mol. The van der Waals surface area contributed by atoms with Gasteiger partial charge in [-0.05, 0) is 31.0 Å². The van der Waals surface area contributed by atoms with Crippen molar-refractivity contribution < 1.29 is 13.6 Å². The predicted octanol–water partition coefficient (Wildman–Crippen LogP) is 3.24. The van der Waals surface area contributed by atoms with Crippen LogP contribution in [0.5, 0.6) is 0 Å². The Kier molecular flexibility index (Phi) is 5.20. The average Bonchev–Trinajstić information content (AvgIpc) is 3.11. The summed E-state index contributed by atoms with van der Waals surface area (Å²) in [7, 11) is 0. The van der Waals surface area contributed by atoms with Crippen LogP contribution in [0.2, 0.25) is 0 Å². The van der Waals surface area contributed by atoms with Gasteiger partial charge in [-0.2, -0.15) is 5.10 Å². The molecule has 0 bridgehead atoms. The molecule has 0 spiro atoms. The molecule has 2 aliphatic rings. The molecule has 144 valence electrons. The Bertz CT molecular complexity index is 829. The van der Waals surface area contributed by atoms with Crippen LogP contribution < -0.4 is 5.32 Å². The Morgan fingerprint density at radius 2 is 2.00 bits per heavy atom.